The number of hydrogen-bond donors (Lipinski definition) is 2. The Morgan fingerprint density at radius 2 is 1.74 bits per heavy atom. The molecule has 158 valence electrons. The average Bonchev–Trinajstić information content (AvgIpc) is 2.69. The van der Waals surface area contributed by atoms with Gasteiger partial charge in [0.25, 0.3) is 11.4 Å². The van der Waals surface area contributed by atoms with E-state index in [1.54, 1.807) is 36.4 Å². The van der Waals surface area contributed by atoms with E-state index >= 15 is 0 Å². The van der Waals surface area contributed by atoms with Crippen molar-refractivity contribution < 1.29 is 15.0 Å². The normalized spacial score (nSPS) is 10.9. The first kappa shape index (κ1) is 22.7. The van der Waals surface area contributed by atoms with Crippen LogP contribution in [-0.4, -0.2) is 21.2 Å². The molecule has 0 aliphatic carbocycles. The first-order chi connectivity index (χ1) is 14.7. The molecule has 0 aliphatic rings. The molecule has 0 fully saturated rings. The van der Waals surface area contributed by atoms with E-state index in [1.807, 2.05) is 0 Å². The van der Waals surface area contributed by atoms with Crippen LogP contribution in [0.3, 0.4) is 0 Å². The molecule has 0 bridgehead atoms. The molecule has 0 amide bonds. The average molecular weight is 571 g/mol. The number of anilines is 2. The van der Waals surface area contributed by atoms with Crippen LogP contribution >= 0.6 is 43.5 Å². The molecule has 3 aromatic carbocycles. The number of hydrogen-bond acceptors (Lipinski definition) is 7. The molecule has 0 aromatic heterocycles. The molecule has 3 aromatic rings. The van der Waals surface area contributed by atoms with Crippen LogP contribution in [0.15, 0.2) is 62.5 Å². The summed E-state index contributed by atoms with van der Waals surface area (Å²) in [6, 6.07) is 11.9. The highest BCUT2D eigenvalue weighted by molar-refractivity contribution is 9.11. The summed E-state index contributed by atoms with van der Waals surface area (Å²) in [4.78, 5) is 25.2. The lowest BCUT2D eigenvalue weighted by Gasteiger charge is -2.09. The SMILES string of the molecule is O=[N+]([O-])c1cc([N+](=O)[O-])c(Nc2cccc(N=Cc3cc(Br)cc(Br)c3O)c2)cc1Cl. The van der Waals surface area contributed by atoms with Crippen LogP contribution in [0.2, 0.25) is 5.02 Å². The lowest BCUT2D eigenvalue weighted by molar-refractivity contribution is -0.393. The van der Waals surface area contributed by atoms with Crippen LogP contribution in [0.5, 0.6) is 5.75 Å². The molecule has 2 N–H and O–H groups in total. The number of nitrogens with zero attached hydrogens (tertiary/aromatic N) is 3. The van der Waals surface area contributed by atoms with Gasteiger partial charge in [-0.05, 0) is 52.3 Å². The Bertz CT molecular complexity index is 1240. The van der Waals surface area contributed by atoms with E-state index in [9.17, 15) is 25.3 Å². The van der Waals surface area contributed by atoms with E-state index in [-0.39, 0.29) is 16.5 Å². The number of nitro groups is 2. The number of aliphatic imine (C=N–C) groups is 1. The summed E-state index contributed by atoms with van der Waals surface area (Å²) in [5.41, 5.74) is 0.359. The molecule has 0 saturated heterocycles. The van der Waals surface area contributed by atoms with Gasteiger partial charge in [0.1, 0.15) is 16.5 Å². The van der Waals surface area contributed by atoms with Gasteiger partial charge >= 0.3 is 0 Å². The number of rotatable bonds is 6. The Morgan fingerprint density at radius 3 is 2.42 bits per heavy atom. The molecule has 9 nitrogen and oxygen atoms in total. The van der Waals surface area contributed by atoms with Crippen LogP contribution in [0, 0.1) is 20.2 Å². The third-order valence-corrected chi connectivity index (χ3v) is 5.36. The summed E-state index contributed by atoms with van der Waals surface area (Å²) in [6.07, 6.45) is 1.47. The van der Waals surface area contributed by atoms with E-state index < -0.39 is 21.2 Å². The molecule has 0 saturated carbocycles. The Kier molecular flexibility index (Phi) is 6.88. The van der Waals surface area contributed by atoms with Gasteiger partial charge in [-0.3, -0.25) is 25.2 Å². The lowest BCUT2D eigenvalue weighted by Crippen LogP contribution is -1.99. The summed E-state index contributed by atoms with van der Waals surface area (Å²) in [7, 11) is 0. The van der Waals surface area contributed by atoms with Gasteiger partial charge in [-0.15, -0.1) is 0 Å². The van der Waals surface area contributed by atoms with E-state index in [0.717, 1.165) is 16.6 Å². The third kappa shape index (κ3) is 5.37. The predicted molar refractivity (Wildman–Crippen MR) is 125 cm³/mol. The van der Waals surface area contributed by atoms with Crippen LogP contribution in [-0.2, 0) is 0 Å². The quantitative estimate of drug-likeness (QED) is 0.189. The maximum absolute atomic E-state index is 11.4. The summed E-state index contributed by atoms with van der Waals surface area (Å²) in [6.45, 7) is 0. The van der Waals surface area contributed by atoms with Crippen molar-refractivity contribution in [1.82, 2.24) is 0 Å². The number of aromatic hydroxyl groups is 1. The van der Waals surface area contributed by atoms with Gasteiger partial charge in [-0.1, -0.05) is 33.6 Å². The molecule has 12 heteroatoms. The number of nitrogens with one attached hydrogen (secondary N) is 1. The van der Waals surface area contributed by atoms with E-state index in [4.69, 9.17) is 11.6 Å². The van der Waals surface area contributed by atoms with Crippen molar-refractivity contribution in [3.8, 4) is 5.75 Å². The zero-order chi connectivity index (χ0) is 22.7. The topological polar surface area (TPSA) is 131 Å². The molecular formula is C19H11Br2ClN4O5. The van der Waals surface area contributed by atoms with Crippen LogP contribution in [0.1, 0.15) is 5.56 Å². The second-order valence-electron chi connectivity index (χ2n) is 6.09. The lowest BCUT2D eigenvalue weighted by atomic mass is 10.2. The minimum Gasteiger partial charge on any atom is -0.506 e. The van der Waals surface area contributed by atoms with Gasteiger partial charge in [0.15, 0.2) is 0 Å². The van der Waals surface area contributed by atoms with Crippen LogP contribution in [0.4, 0.5) is 28.4 Å². The molecular weight excluding hydrogens is 559 g/mol. The van der Waals surface area contributed by atoms with Gasteiger partial charge in [-0.2, -0.15) is 0 Å². The molecule has 0 unspecified atom stereocenters. The first-order valence-corrected chi connectivity index (χ1v) is 10.3. The second-order valence-corrected chi connectivity index (χ2v) is 8.27. The van der Waals surface area contributed by atoms with Crippen molar-refractivity contribution in [2.45, 2.75) is 0 Å². The Balaban J connectivity index is 1.92. The van der Waals surface area contributed by atoms with Crippen molar-refractivity contribution in [2.75, 3.05) is 5.32 Å². The monoisotopic (exact) mass is 568 g/mol. The number of benzene rings is 3. The Labute approximate surface area is 196 Å². The largest absolute Gasteiger partial charge is 0.506 e. The van der Waals surface area contributed by atoms with Crippen LogP contribution < -0.4 is 5.32 Å². The summed E-state index contributed by atoms with van der Waals surface area (Å²) in [5.74, 6) is 0.0253. The molecule has 0 spiro atoms. The first-order valence-electron chi connectivity index (χ1n) is 8.37. The van der Waals surface area contributed by atoms with Gasteiger partial charge in [0.2, 0.25) is 0 Å². The molecule has 0 radical (unpaired) electrons. The fourth-order valence-corrected chi connectivity index (χ4v) is 4.08. The summed E-state index contributed by atoms with van der Waals surface area (Å²) >= 11 is 12.5. The Hall–Kier alpha value is -3.02. The highest BCUT2D eigenvalue weighted by Gasteiger charge is 2.23. The van der Waals surface area contributed by atoms with Crippen molar-refractivity contribution in [2.24, 2.45) is 4.99 Å². The number of phenols is 1. The van der Waals surface area contributed by atoms with E-state index in [0.29, 0.717) is 21.4 Å². The second kappa shape index (κ2) is 9.41. The third-order valence-electron chi connectivity index (χ3n) is 3.99. The van der Waals surface area contributed by atoms with Crippen molar-refractivity contribution >= 4 is 78.1 Å². The van der Waals surface area contributed by atoms with Crippen molar-refractivity contribution in [1.29, 1.82) is 0 Å². The summed E-state index contributed by atoms with van der Waals surface area (Å²) < 4.78 is 1.25. The van der Waals surface area contributed by atoms with Crippen LogP contribution in [0.25, 0.3) is 0 Å². The minimum absolute atomic E-state index is 0.00436. The van der Waals surface area contributed by atoms with E-state index in [2.05, 4.69) is 42.2 Å². The highest BCUT2D eigenvalue weighted by atomic mass is 79.9. The zero-order valence-corrected chi connectivity index (χ0v) is 19.2. The molecule has 0 aliphatic heterocycles. The maximum Gasteiger partial charge on any atom is 0.299 e. The molecule has 3 rings (SSSR count). The van der Waals surface area contributed by atoms with Gasteiger partial charge < -0.3 is 10.4 Å². The molecule has 0 heterocycles. The number of phenolic OH excluding ortho intramolecular Hbond substituents is 1. The fraction of sp³-hybridized carbons (Fsp3) is 0. The van der Waals surface area contributed by atoms with Gasteiger partial charge in [-0.25, -0.2) is 0 Å². The number of nitro benzene ring substituents is 2. The van der Waals surface area contributed by atoms with Gasteiger partial charge in [0, 0.05) is 21.9 Å². The van der Waals surface area contributed by atoms with Crippen molar-refractivity contribution in [3.05, 3.63) is 88.3 Å². The molecule has 31 heavy (non-hydrogen) atoms. The number of halogens is 3. The van der Waals surface area contributed by atoms with Gasteiger partial charge in [0.05, 0.1) is 26.1 Å². The fourth-order valence-electron chi connectivity index (χ4n) is 2.59. The molecule has 0 atom stereocenters. The predicted octanol–water partition coefficient (Wildman–Crippen LogP) is 6.88. The summed E-state index contributed by atoms with van der Waals surface area (Å²) in [5, 5.41) is 35.1. The zero-order valence-electron chi connectivity index (χ0n) is 15.3. The Morgan fingerprint density at radius 1 is 1.03 bits per heavy atom. The maximum atomic E-state index is 11.4. The van der Waals surface area contributed by atoms with E-state index in [1.165, 1.54) is 6.21 Å². The standard InChI is InChI=1S/C19H11Br2ClN4O5/c20-11-4-10(19(27)14(21)5-11)9-23-12-2-1-3-13(6-12)24-16-7-15(22)17(25(28)29)8-18(16)26(30)31/h1-9,24,27H. The smallest absolute Gasteiger partial charge is 0.299 e. The van der Waals surface area contributed by atoms with Crippen molar-refractivity contribution in [3.63, 3.8) is 0 Å². The highest BCUT2D eigenvalue weighted by Crippen LogP contribution is 2.37. The minimum atomic E-state index is -0.788.